The summed E-state index contributed by atoms with van der Waals surface area (Å²) in [5.74, 6) is -0.250. The van der Waals surface area contributed by atoms with E-state index >= 15 is 0 Å². The van der Waals surface area contributed by atoms with Crippen LogP contribution >= 0.6 is 0 Å². The van der Waals surface area contributed by atoms with Crippen molar-refractivity contribution < 1.29 is 19.2 Å². The number of ether oxygens (including phenoxy) is 1. The Hall–Kier alpha value is -3.47. The first-order chi connectivity index (χ1) is 13.1. The fourth-order valence-electron chi connectivity index (χ4n) is 3.53. The van der Waals surface area contributed by atoms with Crippen molar-refractivity contribution >= 4 is 17.3 Å². The molecule has 0 radical (unpaired) electrons. The molecule has 0 saturated heterocycles. The number of hydrogen-bond acceptors (Lipinski definition) is 7. The first-order valence-electron chi connectivity index (χ1n) is 8.73. The molecule has 8 heteroatoms. The summed E-state index contributed by atoms with van der Waals surface area (Å²) in [6.07, 6.45) is 0.750. The van der Waals surface area contributed by atoms with E-state index in [1.54, 1.807) is 6.07 Å². The second kappa shape index (κ2) is 6.93. The highest BCUT2D eigenvalue weighted by Gasteiger charge is 2.42. The molecule has 2 aliphatic rings. The Kier molecular flexibility index (Phi) is 4.77. The van der Waals surface area contributed by atoms with E-state index in [0.717, 1.165) is 0 Å². The lowest BCUT2D eigenvalue weighted by molar-refractivity contribution is -0.384. The van der Waals surface area contributed by atoms with Crippen molar-refractivity contribution in [1.82, 2.24) is 5.32 Å². The highest BCUT2D eigenvalue weighted by molar-refractivity contribution is 6.00. The molecule has 0 spiro atoms. The Balaban J connectivity index is 2.20. The van der Waals surface area contributed by atoms with E-state index in [9.17, 15) is 25.0 Å². The lowest BCUT2D eigenvalue weighted by Gasteiger charge is -2.39. The van der Waals surface area contributed by atoms with E-state index in [2.05, 4.69) is 5.32 Å². The van der Waals surface area contributed by atoms with Crippen LogP contribution in [0.25, 0.3) is 0 Å². The van der Waals surface area contributed by atoms with Crippen molar-refractivity contribution in [2.75, 3.05) is 0 Å². The number of nitro benzene ring substituents is 1. The lowest BCUT2D eigenvalue weighted by Crippen LogP contribution is -2.39. The van der Waals surface area contributed by atoms with Crippen LogP contribution in [0.5, 0.6) is 0 Å². The molecule has 1 aliphatic carbocycles. The smallest absolute Gasteiger partial charge is 0.269 e. The summed E-state index contributed by atoms with van der Waals surface area (Å²) in [5.41, 5.74) is 0.210. The zero-order chi connectivity index (χ0) is 20.6. The number of rotatable bonds is 3. The van der Waals surface area contributed by atoms with Gasteiger partial charge in [-0.05, 0) is 11.0 Å². The zero-order valence-corrected chi connectivity index (χ0v) is 15.7. The van der Waals surface area contributed by atoms with Crippen molar-refractivity contribution in [1.29, 1.82) is 5.26 Å². The fourth-order valence-corrected chi connectivity index (χ4v) is 3.53. The van der Waals surface area contributed by atoms with Gasteiger partial charge in [0.05, 0.1) is 16.5 Å². The number of nitro groups is 1. The predicted molar refractivity (Wildman–Crippen MR) is 98.4 cm³/mol. The molecule has 0 fully saturated rings. The van der Waals surface area contributed by atoms with Gasteiger partial charge >= 0.3 is 0 Å². The zero-order valence-electron chi connectivity index (χ0n) is 15.7. The maximum atomic E-state index is 12.9. The molecule has 1 atom stereocenters. The maximum absolute atomic E-state index is 12.9. The van der Waals surface area contributed by atoms with E-state index < -0.39 is 16.7 Å². The molecule has 1 heterocycles. The minimum Gasteiger partial charge on any atom is -0.444 e. The number of benzene rings is 1. The van der Waals surface area contributed by atoms with Gasteiger partial charge in [-0.25, -0.2) is 0 Å². The topological polar surface area (TPSA) is 122 Å². The fraction of sp³-hybridized carbons (Fsp3) is 0.350. The Morgan fingerprint density at radius 2 is 2.11 bits per heavy atom. The summed E-state index contributed by atoms with van der Waals surface area (Å²) in [6.45, 7) is 5.11. The molecular weight excluding hydrogens is 362 g/mol. The van der Waals surface area contributed by atoms with E-state index in [4.69, 9.17) is 4.74 Å². The SMILES string of the molecule is CC(=O)/C(C#N)=C1\NC(c2cccc([N+](=O)[O-])c2)C2=C(CC(C)(C)CC2=O)O1. The minimum atomic E-state index is -0.745. The number of hydrogen-bond donors (Lipinski definition) is 1. The average Bonchev–Trinajstić information content (AvgIpc) is 2.60. The van der Waals surface area contributed by atoms with Crippen LogP contribution in [0, 0.1) is 26.9 Å². The average molecular weight is 381 g/mol. The molecule has 1 unspecified atom stereocenters. The van der Waals surface area contributed by atoms with Crippen LogP contribution in [0.1, 0.15) is 45.2 Å². The number of ketones is 2. The standard InChI is InChI=1S/C20H19N3O5/c1-11(24)14(10-21)19-22-18(12-5-4-6-13(7-12)23(26)27)17-15(25)8-20(2,3)9-16(17)28-19/h4-7,18,22H,8-9H2,1-3H3/b19-14+. The third kappa shape index (κ3) is 3.51. The van der Waals surface area contributed by atoms with Crippen molar-refractivity contribution in [3.63, 3.8) is 0 Å². The second-order valence-corrected chi connectivity index (χ2v) is 7.68. The Morgan fingerprint density at radius 3 is 2.71 bits per heavy atom. The summed E-state index contributed by atoms with van der Waals surface area (Å²) >= 11 is 0. The monoisotopic (exact) mass is 381 g/mol. The Morgan fingerprint density at radius 1 is 1.39 bits per heavy atom. The van der Waals surface area contributed by atoms with Crippen LogP contribution < -0.4 is 5.32 Å². The normalized spacial score (nSPS) is 22.4. The van der Waals surface area contributed by atoms with E-state index in [1.165, 1.54) is 25.1 Å². The Bertz CT molecular complexity index is 997. The molecule has 1 aromatic carbocycles. The predicted octanol–water partition coefficient (Wildman–Crippen LogP) is 3.22. The molecule has 1 aromatic rings. The summed E-state index contributed by atoms with van der Waals surface area (Å²) in [6, 6.07) is 7.00. The molecule has 0 saturated carbocycles. The van der Waals surface area contributed by atoms with Crippen LogP contribution in [0.3, 0.4) is 0 Å². The third-order valence-electron chi connectivity index (χ3n) is 4.77. The van der Waals surface area contributed by atoms with Crippen molar-refractivity contribution in [3.05, 3.63) is 62.7 Å². The number of Topliss-reactive ketones (excluding diaryl/α,β-unsaturated/α-hetero) is 2. The van der Waals surface area contributed by atoms with Crippen LogP contribution in [0.4, 0.5) is 5.69 Å². The van der Waals surface area contributed by atoms with Gasteiger partial charge in [0.2, 0.25) is 5.88 Å². The van der Waals surface area contributed by atoms with Gasteiger partial charge in [-0.15, -0.1) is 0 Å². The van der Waals surface area contributed by atoms with Gasteiger partial charge in [-0.2, -0.15) is 5.26 Å². The maximum Gasteiger partial charge on any atom is 0.269 e. The summed E-state index contributed by atoms with van der Waals surface area (Å²) in [5, 5.41) is 23.5. The first-order valence-corrected chi connectivity index (χ1v) is 8.73. The van der Waals surface area contributed by atoms with Gasteiger partial charge in [-0.3, -0.25) is 19.7 Å². The number of carbonyl (C=O) groups is 2. The first kappa shape index (κ1) is 19.3. The van der Waals surface area contributed by atoms with Gasteiger partial charge in [-0.1, -0.05) is 26.0 Å². The van der Waals surface area contributed by atoms with Crippen LogP contribution in [0.2, 0.25) is 0 Å². The highest BCUT2D eigenvalue weighted by atomic mass is 16.6. The molecule has 1 aliphatic heterocycles. The molecule has 8 nitrogen and oxygen atoms in total. The molecule has 28 heavy (non-hydrogen) atoms. The van der Waals surface area contributed by atoms with Crippen molar-refractivity contribution in [3.8, 4) is 6.07 Å². The number of non-ortho nitro benzene ring substituents is 1. The highest BCUT2D eigenvalue weighted by Crippen LogP contribution is 2.45. The van der Waals surface area contributed by atoms with Crippen LogP contribution in [-0.4, -0.2) is 16.5 Å². The number of allylic oxidation sites excluding steroid dienone is 2. The molecular formula is C20H19N3O5. The number of nitriles is 1. The van der Waals surface area contributed by atoms with Gasteiger partial charge in [0.25, 0.3) is 5.69 Å². The van der Waals surface area contributed by atoms with Crippen LogP contribution in [0.15, 0.2) is 47.1 Å². The van der Waals surface area contributed by atoms with Crippen molar-refractivity contribution in [2.45, 2.75) is 39.7 Å². The summed E-state index contributed by atoms with van der Waals surface area (Å²) in [7, 11) is 0. The second-order valence-electron chi connectivity index (χ2n) is 7.68. The minimum absolute atomic E-state index is 0.0317. The van der Waals surface area contributed by atoms with E-state index in [0.29, 0.717) is 29.7 Å². The summed E-state index contributed by atoms with van der Waals surface area (Å²) in [4.78, 5) is 35.4. The number of carbonyl (C=O) groups excluding carboxylic acids is 2. The molecule has 1 N–H and O–H groups in total. The van der Waals surface area contributed by atoms with Gasteiger partial charge < -0.3 is 10.1 Å². The van der Waals surface area contributed by atoms with E-state index in [-0.39, 0.29) is 28.3 Å². The molecule has 3 rings (SSSR count). The van der Waals surface area contributed by atoms with Gasteiger partial charge in [0.1, 0.15) is 11.8 Å². The number of nitrogens with zero attached hydrogens (tertiary/aromatic N) is 2. The quantitative estimate of drug-likeness (QED) is 0.369. The molecule has 144 valence electrons. The largest absolute Gasteiger partial charge is 0.444 e. The molecule has 0 aromatic heterocycles. The van der Waals surface area contributed by atoms with E-state index in [1.807, 2.05) is 19.9 Å². The lowest BCUT2D eigenvalue weighted by atomic mass is 9.73. The van der Waals surface area contributed by atoms with Gasteiger partial charge in [0.15, 0.2) is 17.1 Å². The Labute approximate surface area is 161 Å². The van der Waals surface area contributed by atoms with Crippen LogP contribution in [-0.2, 0) is 14.3 Å². The third-order valence-corrected chi connectivity index (χ3v) is 4.77. The number of nitrogens with one attached hydrogen (secondary N) is 1. The molecule has 0 amide bonds. The molecule has 0 bridgehead atoms. The summed E-state index contributed by atoms with van der Waals surface area (Å²) < 4.78 is 5.79. The van der Waals surface area contributed by atoms with Crippen molar-refractivity contribution in [2.24, 2.45) is 5.41 Å². The van der Waals surface area contributed by atoms with Gasteiger partial charge in [0, 0.05) is 31.9 Å².